The molecule has 0 unspecified atom stereocenters. The minimum atomic E-state index is 0.532. The molecule has 2 rings (SSSR count). The first-order valence-electron chi connectivity index (χ1n) is 6.64. The first kappa shape index (κ1) is 12.7. The van der Waals surface area contributed by atoms with Crippen molar-refractivity contribution < 1.29 is 0 Å². The Bertz CT molecular complexity index is 453. The lowest BCUT2D eigenvalue weighted by molar-refractivity contribution is 0.686. The number of aromatic nitrogens is 2. The SMILES string of the molecule is CCCc1nn(C)c(N(CCC#N)C2CC2)c1N. The van der Waals surface area contributed by atoms with Gasteiger partial charge in [0.05, 0.1) is 23.9 Å². The number of nitrogen functional groups attached to an aromatic ring is 1. The van der Waals surface area contributed by atoms with Gasteiger partial charge in [0, 0.05) is 19.6 Å². The Morgan fingerprint density at radius 2 is 2.28 bits per heavy atom. The van der Waals surface area contributed by atoms with Crippen LogP contribution in [0.2, 0.25) is 0 Å². The van der Waals surface area contributed by atoms with Crippen LogP contribution < -0.4 is 10.6 Å². The van der Waals surface area contributed by atoms with Crippen molar-refractivity contribution in [2.24, 2.45) is 7.05 Å². The maximum atomic E-state index is 8.76. The van der Waals surface area contributed by atoms with Gasteiger partial charge < -0.3 is 10.6 Å². The molecule has 0 saturated heterocycles. The van der Waals surface area contributed by atoms with Gasteiger partial charge in [-0.05, 0) is 19.3 Å². The molecule has 5 nitrogen and oxygen atoms in total. The normalized spacial score (nSPS) is 14.5. The summed E-state index contributed by atoms with van der Waals surface area (Å²) in [6, 6.07) is 2.76. The van der Waals surface area contributed by atoms with Gasteiger partial charge in [0.2, 0.25) is 0 Å². The Morgan fingerprint density at radius 1 is 1.56 bits per heavy atom. The molecule has 0 bridgehead atoms. The molecule has 1 aliphatic carbocycles. The molecular formula is C13H21N5. The number of hydrogen-bond acceptors (Lipinski definition) is 4. The fourth-order valence-electron chi connectivity index (χ4n) is 2.37. The highest BCUT2D eigenvalue weighted by atomic mass is 15.4. The van der Waals surface area contributed by atoms with E-state index in [-0.39, 0.29) is 0 Å². The summed E-state index contributed by atoms with van der Waals surface area (Å²) in [6.07, 6.45) is 4.88. The molecule has 1 aliphatic rings. The highest BCUT2D eigenvalue weighted by Crippen LogP contribution is 2.36. The van der Waals surface area contributed by atoms with E-state index in [9.17, 15) is 0 Å². The summed E-state index contributed by atoms with van der Waals surface area (Å²) >= 11 is 0. The average Bonchev–Trinajstić information content (AvgIpc) is 3.13. The van der Waals surface area contributed by atoms with Crippen molar-refractivity contribution in [1.29, 1.82) is 5.26 Å². The van der Waals surface area contributed by atoms with Crippen LogP contribution in [0.5, 0.6) is 0 Å². The maximum absolute atomic E-state index is 8.76. The average molecular weight is 247 g/mol. The Hall–Kier alpha value is -1.70. The van der Waals surface area contributed by atoms with E-state index in [1.165, 1.54) is 12.8 Å². The maximum Gasteiger partial charge on any atom is 0.150 e. The molecular weight excluding hydrogens is 226 g/mol. The van der Waals surface area contributed by atoms with Gasteiger partial charge in [-0.15, -0.1) is 0 Å². The van der Waals surface area contributed by atoms with Gasteiger partial charge in [-0.25, -0.2) is 0 Å². The van der Waals surface area contributed by atoms with Gasteiger partial charge in [0.25, 0.3) is 0 Å². The summed E-state index contributed by atoms with van der Waals surface area (Å²) in [7, 11) is 1.94. The summed E-state index contributed by atoms with van der Waals surface area (Å²) in [5, 5.41) is 13.3. The van der Waals surface area contributed by atoms with Crippen LogP contribution >= 0.6 is 0 Å². The molecule has 0 spiro atoms. The quantitative estimate of drug-likeness (QED) is 0.832. The number of nitrogens with zero attached hydrogens (tertiary/aromatic N) is 4. The number of nitriles is 1. The van der Waals surface area contributed by atoms with Crippen molar-refractivity contribution in [3.05, 3.63) is 5.69 Å². The van der Waals surface area contributed by atoms with Gasteiger partial charge in [-0.3, -0.25) is 4.68 Å². The molecule has 5 heteroatoms. The zero-order valence-corrected chi connectivity index (χ0v) is 11.2. The summed E-state index contributed by atoms with van der Waals surface area (Å²) in [6.45, 7) is 2.87. The van der Waals surface area contributed by atoms with Crippen LogP contribution in [0.1, 0.15) is 38.3 Å². The lowest BCUT2D eigenvalue weighted by atomic mass is 10.2. The number of nitrogens with two attached hydrogens (primary N) is 1. The van der Waals surface area contributed by atoms with E-state index in [0.717, 1.165) is 36.6 Å². The van der Waals surface area contributed by atoms with E-state index >= 15 is 0 Å². The molecule has 1 heterocycles. The number of hydrogen-bond donors (Lipinski definition) is 1. The molecule has 2 N–H and O–H groups in total. The van der Waals surface area contributed by atoms with Crippen molar-refractivity contribution in [2.45, 2.75) is 45.1 Å². The standard InChI is InChI=1S/C13H21N5/c1-3-5-11-12(15)13(17(2)16-11)18(9-4-8-14)10-6-7-10/h10H,3-7,9,15H2,1-2H3. The number of aryl methyl sites for hydroxylation is 2. The molecule has 18 heavy (non-hydrogen) atoms. The summed E-state index contributed by atoms with van der Waals surface area (Å²) in [5.74, 6) is 0.996. The minimum Gasteiger partial charge on any atom is -0.394 e. The van der Waals surface area contributed by atoms with Crippen LogP contribution in [0.15, 0.2) is 0 Å². The van der Waals surface area contributed by atoms with Gasteiger partial charge >= 0.3 is 0 Å². The third-order valence-corrected chi connectivity index (χ3v) is 3.34. The fourth-order valence-corrected chi connectivity index (χ4v) is 2.37. The van der Waals surface area contributed by atoms with Crippen molar-refractivity contribution >= 4 is 11.5 Å². The van der Waals surface area contributed by atoms with Crippen LogP contribution in [-0.2, 0) is 13.5 Å². The van der Waals surface area contributed by atoms with Crippen molar-refractivity contribution in [3.8, 4) is 6.07 Å². The molecule has 98 valence electrons. The van der Waals surface area contributed by atoms with Crippen LogP contribution in [0.4, 0.5) is 11.5 Å². The second-order valence-corrected chi connectivity index (χ2v) is 4.89. The van der Waals surface area contributed by atoms with E-state index < -0.39 is 0 Å². The highest BCUT2D eigenvalue weighted by molar-refractivity contribution is 5.67. The van der Waals surface area contributed by atoms with Crippen molar-refractivity contribution in [3.63, 3.8) is 0 Å². The summed E-state index contributed by atoms with van der Waals surface area (Å²) in [5.41, 5.74) is 8.00. The first-order valence-corrected chi connectivity index (χ1v) is 6.64. The van der Waals surface area contributed by atoms with Crippen LogP contribution in [0, 0.1) is 11.3 Å². The second-order valence-electron chi connectivity index (χ2n) is 4.89. The molecule has 1 aromatic rings. The van der Waals surface area contributed by atoms with Crippen molar-refractivity contribution in [2.75, 3.05) is 17.2 Å². The summed E-state index contributed by atoms with van der Waals surface area (Å²) < 4.78 is 1.87. The van der Waals surface area contributed by atoms with Gasteiger partial charge in [-0.2, -0.15) is 10.4 Å². The minimum absolute atomic E-state index is 0.532. The van der Waals surface area contributed by atoms with Gasteiger partial charge in [-0.1, -0.05) is 13.3 Å². The molecule has 1 aromatic heterocycles. The zero-order chi connectivity index (χ0) is 13.1. The van der Waals surface area contributed by atoms with Gasteiger partial charge in [0.15, 0.2) is 5.82 Å². The molecule has 0 amide bonds. The number of rotatable bonds is 6. The lowest BCUT2D eigenvalue weighted by Crippen LogP contribution is -2.29. The first-order chi connectivity index (χ1) is 8.69. The zero-order valence-electron chi connectivity index (χ0n) is 11.2. The number of anilines is 2. The third kappa shape index (κ3) is 2.42. The third-order valence-electron chi connectivity index (χ3n) is 3.34. The van der Waals surface area contributed by atoms with Crippen LogP contribution in [-0.4, -0.2) is 22.4 Å². The summed E-state index contributed by atoms with van der Waals surface area (Å²) in [4.78, 5) is 2.25. The molecule has 0 aromatic carbocycles. The van der Waals surface area contributed by atoms with E-state index in [2.05, 4.69) is 23.0 Å². The molecule has 0 radical (unpaired) electrons. The Morgan fingerprint density at radius 3 is 2.83 bits per heavy atom. The molecule has 1 fully saturated rings. The smallest absolute Gasteiger partial charge is 0.150 e. The van der Waals surface area contributed by atoms with Gasteiger partial charge in [0.1, 0.15) is 0 Å². The molecule has 0 aliphatic heterocycles. The van der Waals surface area contributed by atoms with E-state index in [1.54, 1.807) is 0 Å². The van der Waals surface area contributed by atoms with Crippen LogP contribution in [0.25, 0.3) is 0 Å². The monoisotopic (exact) mass is 247 g/mol. The van der Waals surface area contributed by atoms with E-state index in [0.29, 0.717) is 12.5 Å². The van der Waals surface area contributed by atoms with E-state index in [1.807, 2.05) is 11.7 Å². The molecule has 1 saturated carbocycles. The predicted octanol–water partition coefficient (Wildman–Crippen LogP) is 1.84. The predicted molar refractivity (Wildman–Crippen MR) is 72.2 cm³/mol. The largest absolute Gasteiger partial charge is 0.394 e. The Balaban J connectivity index is 2.26. The van der Waals surface area contributed by atoms with Crippen molar-refractivity contribution in [1.82, 2.24) is 9.78 Å². The fraction of sp³-hybridized carbons (Fsp3) is 0.692. The molecule has 0 atom stereocenters. The van der Waals surface area contributed by atoms with Crippen LogP contribution in [0.3, 0.4) is 0 Å². The lowest BCUT2D eigenvalue weighted by Gasteiger charge is -2.23. The highest BCUT2D eigenvalue weighted by Gasteiger charge is 2.32. The van der Waals surface area contributed by atoms with E-state index in [4.69, 9.17) is 11.0 Å². The second kappa shape index (κ2) is 5.30. The topological polar surface area (TPSA) is 70.9 Å². The Labute approximate surface area is 108 Å². The Kier molecular flexibility index (Phi) is 3.75.